The number of nitrogens with one attached hydrogen (secondary N) is 2. The van der Waals surface area contributed by atoms with Crippen LogP contribution in [0, 0.1) is 5.82 Å². The highest BCUT2D eigenvalue weighted by Gasteiger charge is 2.34. The highest BCUT2D eigenvalue weighted by Crippen LogP contribution is 2.36. The minimum Gasteiger partial charge on any atom is -0.325 e. The predicted octanol–water partition coefficient (Wildman–Crippen LogP) is 5.03. The maximum Gasteiger partial charge on any atom is 0.417 e. The maximum absolute atomic E-state index is 13.2. The number of anilines is 1. The molecule has 174 valence electrons. The fourth-order valence-electron chi connectivity index (χ4n) is 2.96. The summed E-state index contributed by atoms with van der Waals surface area (Å²) in [6, 6.07) is 13.8. The van der Waals surface area contributed by atoms with Crippen LogP contribution in [-0.2, 0) is 27.4 Å². The van der Waals surface area contributed by atoms with E-state index in [1.807, 2.05) is 0 Å². The number of carbonyl (C=O) groups is 1. The van der Waals surface area contributed by atoms with Crippen LogP contribution in [-0.4, -0.2) is 20.4 Å². The first kappa shape index (κ1) is 24.7. The molecule has 2 N–H and O–H groups in total. The molecule has 1 amide bonds. The van der Waals surface area contributed by atoms with Gasteiger partial charge in [-0.25, -0.2) is 12.8 Å². The Hall–Kier alpha value is -2.95. The maximum atomic E-state index is 13.2. The fourth-order valence-corrected chi connectivity index (χ4v) is 4.38. The van der Waals surface area contributed by atoms with Gasteiger partial charge in [0.2, 0.25) is 15.9 Å². The van der Waals surface area contributed by atoms with Gasteiger partial charge in [-0.05, 0) is 54.4 Å². The number of halogens is 5. The summed E-state index contributed by atoms with van der Waals surface area (Å²) in [7, 11) is -4.25. The highest BCUT2D eigenvalue weighted by molar-refractivity contribution is 7.89. The standard InChI is InChI=1S/C22H17ClF4N2O3S/c23-19-11-8-16(13-18(19)22(25,26)27)28-21(30)20(12-14-4-2-1-3-5-14)29-33(31,32)17-9-6-15(24)7-10-17/h1-11,13,20,29H,12H2,(H,28,30). The van der Waals surface area contributed by atoms with E-state index in [0.29, 0.717) is 11.6 Å². The van der Waals surface area contributed by atoms with Gasteiger partial charge >= 0.3 is 6.18 Å². The second-order valence-corrected chi connectivity index (χ2v) is 9.12. The Morgan fingerprint density at radius 1 is 0.970 bits per heavy atom. The minimum absolute atomic E-state index is 0.0905. The van der Waals surface area contributed by atoms with Gasteiger partial charge < -0.3 is 5.32 Å². The van der Waals surface area contributed by atoms with Crippen LogP contribution in [0.4, 0.5) is 23.2 Å². The van der Waals surface area contributed by atoms with Gasteiger partial charge in [-0.1, -0.05) is 41.9 Å². The molecular weight excluding hydrogens is 484 g/mol. The van der Waals surface area contributed by atoms with Gasteiger partial charge in [-0.2, -0.15) is 17.9 Å². The summed E-state index contributed by atoms with van der Waals surface area (Å²) in [6.07, 6.45) is -4.84. The van der Waals surface area contributed by atoms with E-state index in [4.69, 9.17) is 11.6 Å². The summed E-state index contributed by atoms with van der Waals surface area (Å²) in [5.74, 6) is -1.53. The second kappa shape index (κ2) is 9.90. The average Bonchev–Trinajstić information content (AvgIpc) is 2.74. The lowest BCUT2D eigenvalue weighted by molar-refractivity contribution is -0.137. The lowest BCUT2D eigenvalue weighted by Gasteiger charge is -2.19. The van der Waals surface area contributed by atoms with E-state index in [1.165, 1.54) is 6.07 Å². The third-order valence-corrected chi connectivity index (χ3v) is 6.38. The summed E-state index contributed by atoms with van der Waals surface area (Å²) in [5.41, 5.74) is -0.754. The number of alkyl halides is 3. The molecule has 0 bridgehead atoms. The third-order valence-electron chi connectivity index (χ3n) is 4.56. The number of hydrogen-bond donors (Lipinski definition) is 2. The smallest absolute Gasteiger partial charge is 0.325 e. The van der Waals surface area contributed by atoms with Crippen molar-refractivity contribution in [2.45, 2.75) is 23.5 Å². The molecule has 5 nitrogen and oxygen atoms in total. The Balaban J connectivity index is 1.89. The SMILES string of the molecule is O=C(Nc1ccc(Cl)c(C(F)(F)F)c1)C(Cc1ccccc1)NS(=O)(=O)c1ccc(F)cc1. The number of amides is 1. The number of hydrogen-bond acceptors (Lipinski definition) is 3. The van der Waals surface area contributed by atoms with Crippen LogP contribution >= 0.6 is 11.6 Å². The van der Waals surface area contributed by atoms with Crippen LogP contribution in [0.25, 0.3) is 0 Å². The van der Waals surface area contributed by atoms with Gasteiger partial charge in [0.15, 0.2) is 0 Å². The lowest BCUT2D eigenvalue weighted by atomic mass is 10.1. The van der Waals surface area contributed by atoms with Crippen LogP contribution in [0.15, 0.2) is 77.7 Å². The van der Waals surface area contributed by atoms with E-state index in [2.05, 4.69) is 10.0 Å². The second-order valence-electron chi connectivity index (χ2n) is 7.00. The van der Waals surface area contributed by atoms with Crippen molar-refractivity contribution in [2.24, 2.45) is 0 Å². The number of benzene rings is 3. The molecule has 3 aromatic rings. The Bertz CT molecular complexity index is 1230. The highest BCUT2D eigenvalue weighted by atomic mass is 35.5. The van der Waals surface area contributed by atoms with Crippen molar-refractivity contribution in [1.82, 2.24) is 4.72 Å². The van der Waals surface area contributed by atoms with Gasteiger partial charge in [0.25, 0.3) is 0 Å². The lowest BCUT2D eigenvalue weighted by Crippen LogP contribution is -2.45. The van der Waals surface area contributed by atoms with Gasteiger partial charge in [0.1, 0.15) is 11.9 Å². The third kappa shape index (κ3) is 6.53. The molecular formula is C22H17ClF4N2O3S. The molecule has 0 saturated carbocycles. The van der Waals surface area contributed by atoms with Crippen LogP contribution in [0.2, 0.25) is 5.02 Å². The largest absolute Gasteiger partial charge is 0.417 e. The van der Waals surface area contributed by atoms with E-state index >= 15 is 0 Å². The topological polar surface area (TPSA) is 75.3 Å². The van der Waals surface area contributed by atoms with Crippen molar-refractivity contribution in [3.63, 3.8) is 0 Å². The van der Waals surface area contributed by atoms with E-state index in [-0.39, 0.29) is 17.0 Å². The summed E-state index contributed by atoms with van der Waals surface area (Å²) in [6.45, 7) is 0. The minimum atomic E-state index is -4.74. The molecule has 33 heavy (non-hydrogen) atoms. The molecule has 0 aliphatic carbocycles. The van der Waals surface area contributed by atoms with E-state index in [0.717, 1.165) is 30.3 Å². The Morgan fingerprint density at radius 3 is 2.21 bits per heavy atom. The summed E-state index contributed by atoms with van der Waals surface area (Å²) in [4.78, 5) is 12.6. The summed E-state index contributed by atoms with van der Waals surface area (Å²) in [5, 5.41) is 1.76. The van der Waals surface area contributed by atoms with E-state index in [1.54, 1.807) is 30.3 Å². The van der Waals surface area contributed by atoms with Gasteiger partial charge in [0, 0.05) is 5.69 Å². The number of rotatable bonds is 7. The monoisotopic (exact) mass is 500 g/mol. The van der Waals surface area contributed by atoms with Crippen molar-refractivity contribution >= 4 is 33.2 Å². The summed E-state index contributed by atoms with van der Waals surface area (Å²) >= 11 is 5.60. The van der Waals surface area contributed by atoms with Crippen LogP contribution < -0.4 is 10.0 Å². The van der Waals surface area contributed by atoms with E-state index < -0.39 is 44.6 Å². The zero-order chi connectivity index (χ0) is 24.2. The molecule has 11 heteroatoms. The molecule has 0 heterocycles. The van der Waals surface area contributed by atoms with Gasteiger partial charge in [0.05, 0.1) is 15.5 Å². The predicted molar refractivity (Wildman–Crippen MR) is 116 cm³/mol. The molecule has 0 aromatic heterocycles. The van der Waals surface area contributed by atoms with Crippen LogP contribution in [0.5, 0.6) is 0 Å². The first-order valence-corrected chi connectivity index (χ1v) is 11.3. The molecule has 0 fully saturated rings. The molecule has 0 spiro atoms. The fraction of sp³-hybridized carbons (Fsp3) is 0.136. The normalized spacial score (nSPS) is 12.9. The molecule has 1 atom stereocenters. The number of sulfonamides is 1. The Morgan fingerprint density at radius 2 is 1.61 bits per heavy atom. The van der Waals surface area contributed by atoms with Crippen molar-refractivity contribution in [1.29, 1.82) is 0 Å². The number of carbonyl (C=O) groups excluding carboxylic acids is 1. The molecule has 3 rings (SSSR count). The molecule has 0 saturated heterocycles. The van der Waals surface area contributed by atoms with Crippen molar-refractivity contribution in [2.75, 3.05) is 5.32 Å². The van der Waals surface area contributed by atoms with Gasteiger partial charge in [-0.3, -0.25) is 4.79 Å². The summed E-state index contributed by atoms with van der Waals surface area (Å²) < 4.78 is 80.3. The molecule has 0 aliphatic rings. The first-order valence-electron chi connectivity index (χ1n) is 9.45. The van der Waals surface area contributed by atoms with Crippen LogP contribution in [0.3, 0.4) is 0 Å². The van der Waals surface area contributed by atoms with E-state index in [9.17, 15) is 30.8 Å². The molecule has 0 aliphatic heterocycles. The Kier molecular flexibility index (Phi) is 7.41. The van der Waals surface area contributed by atoms with Crippen LogP contribution in [0.1, 0.15) is 11.1 Å². The van der Waals surface area contributed by atoms with Crippen molar-refractivity contribution in [3.8, 4) is 0 Å². The average molecular weight is 501 g/mol. The van der Waals surface area contributed by atoms with Crippen molar-refractivity contribution in [3.05, 3.63) is 94.8 Å². The molecule has 0 radical (unpaired) electrons. The quantitative estimate of drug-likeness (QED) is 0.447. The van der Waals surface area contributed by atoms with Gasteiger partial charge in [-0.15, -0.1) is 0 Å². The Labute approximate surface area is 192 Å². The van der Waals surface area contributed by atoms with Crippen molar-refractivity contribution < 1.29 is 30.8 Å². The first-order chi connectivity index (χ1) is 15.5. The molecule has 3 aromatic carbocycles. The zero-order valence-corrected chi connectivity index (χ0v) is 18.3. The zero-order valence-electron chi connectivity index (χ0n) is 16.7. The molecule has 1 unspecified atom stereocenters.